The summed E-state index contributed by atoms with van der Waals surface area (Å²) in [6.07, 6.45) is -1.02. The lowest BCUT2D eigenvalue weighted by atomic mass is 10.0. The van der Waals surface area contributed by atoms with Crippen molar-refractivity contribution < 1.29 is 14.2 Å². The van der Waals surface area contributed by atoms with Gasteiger partial charge in [0.15, 0.2) is 0 Å². The molecule has 0 saturated carbocycles. The zero-order valence-electron chi connectivity index (χ0n) is 8.50. The fraction of sp³-hybridized carbons (Fsp3) is 0.400. The maximum Gasteiger partial charge on any atom is 0.135 e. The molecule has 0 saturated heterocycles. The van der Waals surface area contributed by atoms with E-state index in [1.54, 1.807) is 6.92 Å². The van der Waals surface area contributed by atoms with Crippen molar-refractivity contribution in [2.45, 2.75) is 19.1 Å². The number of hydrogen-bond donors (Lipinski definition) is 2. The van der Waals surface area contributed by atoms with Crippen LogP contribution in [0, 0.1) is 5.82 Å². The fourth-order valence-electron chi connectivity index (χ4n) is 1.21. The summed E-state index contributed by atoms with van der Waals surface area (Å²) in [4.78, 5) is 0. The van der Waals surface area contributed by atoms with Crippen LogP contribution in [0.25, 0.3) is 0 Å². The first kappa shape index (κ1) is 12.4. The van der Waals surface area contributed by atoms with E-state index in [1.807, 2.05) is 0 Å². The third-order valence-corrected chi connectivity index (χ3v) is 2.71. The highest BCUT2D eigenvalue weighted by molar-refractivity contribution is 9.10. The van der Waals surface area contributed by atoms with E-state index in [1.165, 1.54) is 19.2 Å². The lowest BCUT2D eigenvalue weighted by molar-refractivity contribution is 0.148. The van der Waals surface area contributed by atoms with E-state index in [0.29, 0.717) is 10.2 Å². The van der Waals surface area contributed by atoms with Crippen LogP contribution in [0.1, 0.15) is 18.6 Å². The first-order valence-electron chi connectivity index (χ1n) is 4.44. The van der Waals surface area contributed by atoms with E-state index >= 15 is 0 Å². The van der Waals surface area contributed by atoms with Gasteiger partial charge < -0.3 is 15.6 Å². The van der Waals surface area contributed by atoms with Crippen molar-refractivity contribution in [3.05, 3.63) is 28.0 Å². The first-order valence-corrected chi connectivity index (χ1v) is 5.23. The molecule has 1 aromatic carbocycles. The Labute approximate surface area is 96.2 Å². The monoisotopic (exact) mass is 277 g/mol. The molecule has 3 N–H and O–H groups in total. The second kappa shape index (κ2) is 4.92. The molecule has 0 heterocycles. The molecule has 0 aliphatic rings. The third-order valence-electron chi connectivity index (χ3n) is 2.09. The Morgan fingerprint density at radius 3 is 2.60 bits per heavy atom. The molecule has 5 heteroatoms. The Hall–Kier alpha value is -0.650. The van der Waals surface area contributed by atoms with Gasteiger partial charge in [0.2, 0.25) is 0 Å². The number of aliphatic hydroxyl groups is 1. The van der Waals surface area contributed by atoms with E-state index in [0.717, 1.165) is 0 Å². The maximum atomic E-state index is 13.5. The number of ether oxygens (including phenoxy) is 1. The summed E-state index contributed by atoms with van der Waals surface area (Å²) in [5.74, 6) is -0.145. The molecule has 84 valence electrons. The van der Waals surface area contributed by atoms with Crippen LogP contribution in [0.2, 0.25) is 0 Å². The van der Waals surface area contributed by atoms with Crippen molar-refractivity contribution in [3.8, 4) is 5.75 Å². The van der Waals surface area contributed by atoms with Gasteiger partial charge in [-0.1, -0.05) is 0 Å². The molecular formula is C10H13BrFNO2. The van der Waals surface area contributed by atoms with Crippen LogP contribution in [-0.2, 0) is 0 Å². The minimum Gasteiger partial charge on any atom is -0.495 e. The summed E-state index contributed by atoms with van der Waals surface area (Å²) in [6.45, 7) is 1.61. The van der Waals surface area contributed by atoms with Gasteiger partial charge in [-0.3, -0.25) is 0 Å². The highest BCUT2D eigenvalue weighted by Gasteiger charge is 2.18. The van der Waals surface area contributed by atoms with Crippen LogP contribution in [0.15, 0.2) is 16.6 Å². The molecule has 15 heavy (non-hydrogen) atoms. The Balaban J connectivity index is 3.15. The Kier molecular flexibility index (Phi) is 4.07. The summed E-state index contributed by atoms with van der Waals surface area (Å²) >= 11 is 3.22. The quantitative estimate of drug-likeness (QED) is 0.888. The number of halogens is 2. The summed E-state index contributed by atoms with van der Waals surface area (Å²) < 4.78 is 19.0. The van der Waals surface area contributed by atoms with Crippen LogP contribution < -0.4 is 10.5 Å². The average Bonchev–Trinajstić information content (AvgIpc) is 2.19. The van der Waals surface area contributed by atoms with E-state index < -0.39 is 18.0 Å². The van der Waals surface area contributed by atoms with Crippen LogP contribution in [0.4, 0.5) is 4.39 Å². The van der Waals surface area contributed by atoms with Gasteiger partial charge in [0.05, 0.1) is 17.7 Å². The van der Waals surface area contributed by atoms with E-state index in [2.05, 4.69) is 15.9 Å². The van der Waals surface area contributed by atoms with Crippen LogP contribution in [0.5, 0.6) is 5.75 Å². The van der Waals surface area contributed by atoms with Crippen LogP contribution in [-0.4, -0.2) is 18.3 Å². The van der Waals surface area contributed by atoms with E-state index in [4.69, 9.17) is 10.5 Å². The predicted octanol–water partition coefficient (Wildman–Crippen LogP) is 1.98. The minimum atomic E-state index is -1.02. The number of rotatable bonds is 3. The molecule has 2 atom stereocenters. The molecule has 1 rings (SSSR count). The molecule has 1 aromatic rings. The normalized spacial score (nSPS) is 14.8. The highest BCUT2D eigenvalue weighted by Crippen LogP contribution is 2.31. The zero-order valence-corrected chi connectivity index (χ0v) is 10.1. The second-order valence-corrected chi connectivity index (χ2v) is 4.17. The third kappa shape index (κ3) is 2.68. The Bertz CT molecular complexity index is 358. The molecule has 0 aliphatic heterocycles. The van der Waals surface area contributed by atoms with Crippen LogP contribution >= 0.6 is 15.9 Å². The molecule has 0 spiro atoms. The van der Waals surface area contributed by atoms with Crippen molar-refractivity contribution >= 4 is 15.9 Å². The van der Waals surface area contributed by atoms with Gasteiger partial charge in [-0.15, -0.1) is 0 Å². The fourth-order valence-corrected chi connectivity index (χ4v) is 1.73. The highest BCUT2D eigenvalue weighted by atomic mass is 79.9. The SMILES string of the molecule is COc1cc(F)c(C(O)C(C)N)cc1Br. The van der Waals surface area contributed by atoms with E-state index in [-0.39, 0.29) is 5.56 Å². The topological polar surface area (TPSA) is 55.5 Å². The molecule has 0 aliphatic carbocycles. The number of benzene rings is 1. The van der Waals surface area contributed by atoms with Gasteiger partial charge in [-0.05, 0) is 28.9 Å². The Morgan fingerprint density at radius 2 is 2.13 bits per heavy atom. The molecule has 3 nitrogen and oxygen atoms in total. The molecule has 0 amide bonds. The number of aliphatic hydroxyl groups excluding tert-OH is 1. The summed E-state index contributed by atoms with van der Waals surface area (Å²) in [5, 5.41) is 9.64. The zero-order chi connectivity index (χ0) is 11.6. The molecule has 0 radical (unpaired) electrons. The van der Waals surface area contributed by atoms with Crippen molar-refractivity contribution in [2.75, 3.05) is 7.11 Å². The largest absolute Gasteiger partial charge is 0.495 e. The minimum absolute atomic E-state index is 0.165. The molecule has 2 unspecified atom stereocenters. The van der Waals surface area contributed by atoms with Gasteiger partial charge in [0.1, 0.15) is 11.6 Å². The lowest BCUT2D eigenvalue weighted by Crippen LogP contribution is -2.25. The number of nitrogens with two attached hydrogens (primary N) is 1. The summed E-state index contributed by atoms with van der Waals surface area (Å²) in [5.41, 5.74) is 5.66. The molecule has 0 aromatic heterocycles. The molecular weight excluding hydrogens is 265 g/mol. The standard InChI is InChI=1S/C10H13BrFNO2/c1-5(13)10(14)6-3-7(11)9(15-2)4-8(6)12/h3-5,10,14H,13H2,1-2H3. The molecule has 0 fully saturated rings. The number of methoxy groups -OCH3 is 1. The van der Waals surface area contributed by atoms with Gasteiger partial charge in [0, 0.05) is 17.7 Å². The summed E-state index contributed by atoms with van der Waals surface area (Å²) in [7, 11) is 1.45. The van der Waals surface area contributed by atoms with Crippen molar-refractivity contribution in [1.82, 2.24) is 0 Å². The van der Waals surface area contributed by atoms with Crippen LogP contribution in [0.3, 0.4) is 0 Å². The van der Waals surface area contributed by atoms with Gasteiger partial charge in [-0.25, -0.2) is 4.39 Å². The smallest absolute Gasteiger partial charge is 0.135 e. The van der Waals surface area contributed by atoms with Crippen molar-refractivity contribution in [2.24, 2.45) is 5.73 Å². The van der Waals surface area contributed by atoms with E-state index in [9.17, 15) is 9.50 Å². The average molecular weight is 278 g/mol. The van der Waals surface area contributed by atoms with Crippen molar-refractivity contribution in [3.63, 3.8) is 0 Å². The first-order chi connectivity index (χ1) is 6.97. The lowest BCUT2D eigenvalue weighted by Gasteiger charge is -2.16. The van der Waals surface area contributed by atoms with Gasteiger partial charge in [0.25, 0.3) is 0 Å². The summed E-state index contributed by atoms with van der Waals surface area (Å²) in [6, 6.07) is 2.16. The second-order valence-electron chi connectivity index (χ2n) is 3.31. The predicted molar refractivity (Wildman–Crippen MR) is 59.3 cm³/mol. The Morgan fingerprint density at radius 1 is 1.53 bits per heavy atom. The van der Waals surface area contributed by atoms with Gasteiger partial charge >= 0.3 is 0 Å². The van der Waals surface area contributed by atoms with Gasteiger partial charge in [-0.2, -0.15) is 0 Å². The molecule has 0 bridgehead atoms. The number of hydrogen-bond acceptors (Lipinski definition) is 3. The maximum absolute atomic E-state index is 13.5. The van der Waals surface area contributed by atoms with Crippen molar-refractivity contribution in [1.29, 1.82) is 0 Å².